The van der Waals surface area contributed by atoms with Gasteiger partial charge in [0.1, 0.15) is 6.04 Å². The van der Waals surface area contributed by atoms with Crippen LogP contribution in [0.4, 0.5) is 5.69 Å². The molecule has 2 amide bonds. The van der Waals surface area contributed by atoms with Crippen LogP contribution in [-0.2, 0) is 19.1 Å². The third-order valence-corrected chi connectivity index (χ3v) is 6.17. The van der Waals surface area contributed by atoms with Crippen LogP contribution in [0.15, 0.2) is 28.7 Å². The summed E-state index contributed by atoms with van der Waals surface area (Å²) in [6.45, 7) is 1.60. The van der Waals surface area contributed by atoms with Crippen molar-refractivity contribution in [3.8, 4) is 0 Å². The van der Waals surface area contributed by atoms with E-state index in [2.05, 4.69) is 21.2 Å². The SMILES string of the molecule is C[C@]12CCC(=O)N1[C@@H](C(=O)OCC(=O)Nc1cccc(Br)c1)CS2. The zero-order valence-corrected chi connectivity index (χ0v) is 15.5. The van der Waals surface area contributed by atoms with Crippen molar-refractivity contribution in [1.82, 2.24) is 4.90 Å². The van der Waals surface area contributed by atoms with E-state index in [1.807, 2.05) is 13.0 Å². The Hall–Kier alpha value is -1.54. The van der Waals surface area contributed by atoms with Gasteiger partial charge in [0.05, 0.1) is 4.87 Å². The number of hydrogen-bond donors (Lipinski definition) is 1. The van der Waals surface area contributed by atoms with Crippen molar-refractivity contribution in [1.29, 1.82) is 0 Å². The Bertz CT molecular complexity index is 698. The maximum atomic E-state index is 12.3. The number of halogens is 1. The zero-order valence-electron chi connectivity index (χ0n) is 13.1. The molecule has 6 nitrogen and oxygen atoms in total. The van der Waals surface area contributed by atoms with Crippen LogP contribution in [0.3, 0.4) is 0 Å². The molecule has 3 rings (SSSR count). The van der Waals surface area contributed by atoms with E-state index < -0.39 is 17.9 Å². The number of rotatable bonds is 4. The van der Waals surface area contributed by atoms with Crippen LogP contribution in [0.25, 0.3) is 0 Å². The molecule has 2 heterocycles. The first-order valence-corrected chi connectivity index (χ1v) is 9.35. The zero-order chi connectivity index (χ0) is 17.3. The first-order valence-electron chi connectivity index (χ1n) is 7.57. The van der Waals surface area contributed by atoms with Crippen molar-refractivity contribution in [2.24, 2.45) is 0 Å². The molecular formula is C16H17BrN2O4S. The second kappa shape index (κ2) is 6.76. The average molecular weight is 413 g/mol. The summed E-state index contributed by atoms with van der Waals surface area (Å²) in [6.07, 6.45) is 1.19. The summed E-state index contributed by atoms with van der Waals surface area (Å²) in [5.74, 6) is -0.453. The van der Waals surface area contributed by atoms with Crippen LogP contribution in [0.1, 0.15) is 19.8 Å². The predicted octanol–water partition coefficient (Wildman–Crippen LogP) is 2.38. The summed E-state index contributed by atoms with van der Waals surface area (Å²) in [6, 6.07) is 6.53. The molecule has 24 heavy (non-hydrogen) atoms. The number of thioether (sulfide) groups is 1. The smallest absolute Gasteiger partial charge is 0.330 e. The number of carbonyl (C=O) groups is 3. The van der Waals surface area contributed by atoms with Gasteiger partial charge in [0.25, 0.3) is 5.91 Å². The van der Waals surface area contributed by atoms with E-state index in [0.29, 0.717) is 17.9 Å². The van der Waals surface area contributed by atoms with Crippen LogP contribution < -0.4 is 5.32 Å². The predicted molar refractivity (Wildman–Crippen MR) is 94.5 cm³/mol. The highest BCUT2D eigenvalue weighted by Crippen LogP contribution is 2.47. The van der Waals surface area contributed by atoms with Gasteiger partial charge < -0.3 is 15.0 Å². The summed E-state index contributed by atoms with van der Waals surface area (Å²) in [4.78, 5) is 37.5. The number of benzene rings is 1. The van der Waals surface area contributed by atoms with E-state index in [9.17, 15) is 14.4 Å². The Morgan fingerprint density at radius 2 is 2.29 bits per heavy atom. The monoisotopic (exact) mass is 412 g/mol. The van der Waals surface area contributed by atoms with E-state index >= 15 is 0 Å². The minimum atomic E-state index is -0.603. The summed E-state index contributed by atoms with van der Waals surface area (Å²) < 4.78 is 5.96. The molecule has 0 radical (unpaired) electrons. The second-order valence-corrected chi connectivity index (χ2v) is 8.35. The number of amides is 2. The highest BCUT2D eigenvalue weighted by Gasteiger charge is 2.53. The highest BCUT2D eigenvalue weighted by atomic mass is 79.9. The largest absolute Gasteiger partial charge is 0.454 e. The number of carbonyl (C=O) groups excluding carboxylic acids is 3. The third-order valence-electron chi connectivity index (χ3n) is 4.17. The third kappa shape index (κ3) is 3.44. The molecule has 0 spiro atoms. The van der Waals surface area contributed by atoms with Gasteiger partial charge in [0, 0.05) is 22.3 Å². The number of ether oxygens (including phenoxy) is 1. The van der Waals surface area contributed by atoms with E-state index in [1.165, 1.54) is 0 Å². The average Bonchev–Trinajstić information content (AvgIpc) is 3.02. The van der Waals surface area contributed by atoms with E-state index in [-0.39, 0.29) is 17.4 Å². The van der Waals surface area contributed by atoms with Crippen molar-refractivity contribution in [3.05, 3.63) is 28.7 Å². The molecule has 0 aromatic heterocycles. The molecule has 1 aromatic carbocycles. The fourth-order valence-electron chi connectivity index (χ4n) is 2.99. The van der Waals surface area contributed by atoms with Gasteiger partial charge >= 0.3 is 5.97 Å². The van der Waals surface area contributed by atoms with Gasteiger partial charge in [0.15, 0.2) is 6.61 Å². The van der Waals surface area contributed by atoms with Gasteiger partial charge in [0.2, 0.25) is 5.91 Å². The highest BCUT2D eigenvalue weighted by molar-refractivity contribution is 9.10. The number of nitrogens with zero attached hydrogens (tertiary/aromatic N) is 1. The molecule has 2 aliphatic rings. The summed E-state index contributed by atoms with van der Waals surface area (Å²) in [5.41, 5.74) is 0.615. The molecule has 2 atom stereocenters. The first-order chi connectivity index (χ1) is 11.4. The number of fused-ring (bicyclic) bond motifs is 1. The summed E-state index contributed by atoms with van der Waals surface area (Å²) in [7, 11) is 0. The number of esters is 1. The number of hydrogen-bond acceptors (Lipinski definition) is 5. The molecule has 0 bridgehead atoms. The standard InChI is InChI=1S/C16H17BrN2O4S/c1-16-6-5-14(21)19(16)12(9-24-16)15(22)23-8-13(20)18-11-4-2-3-10(17)7-11/h2-4,7,12H,5-6,8-9H2,1H3,(H,18,20)/t12-,16+/m1/s1. The van der Waals surface area contributed by atoms with Crippen molar-refractivity contribution < 1.29 is 19.1 Å². The fraction of sp³-hybridized carbons (Fsp3) is 0.438. The number of anilines is 1. The topological polar surface area (TPSA) is 75.7 Å². The first kappa shape index (κ1) is 17.3. The summed E-state index contributed by atoms with van der Waals surface area (Å²) >= 11 is 4.91. The Morgan fingerprint density at radius 1 is 1.50 bits per heavy atom. The molecule has 0 unspecified atom stereocenters. The van der Waals surface area contributed by atoms with Crippen LogP contribution in [0, 0.1) is 0 Å². The van der Waals surface area contributed by atoms with Gasteiger partial charge in [-0.25, -0.2) is 4.79 Å². The Labute approximate surface area is 152 Å². The van der Waals surface area contributed by atoms with E-state index in [4.69, 9.17) is 4.74 Å². The van der Waals surface area contributed by atoms with Crippen molar-refractivity contribution >= 4 is 51.2 Å². The molecule has 2 fully saturated rings. The van der Waals surface area contributed by atoms with E-state index in [0.717, 1.165) is 10.9 Å². The lowest BCUT2D eigenvalue weighted by Crippen LogP contribution is -2.47. The molecular weight excluding hydrogens is 396 g/mol. The minimum absolute atomic E-state index is 0.0250. The Kier molecular flexibility index (Phi) is 4.87. The van der Waals surface area contributed by atoms with Crippen LogP contribution >= 0.6 is 27.7 Å². The lowest BCUT2D eigenvalue weighted by molar-refractivity contribution is -0.155. The maximum absolute atomic E-state index is 12.3. The molecule has 2 saturated heterocycles. The fourth-order valence-corrected chi connectivity index (χ4v) is 4.81. The molecule has 1 N–H and O–H groups in total. The lowest BCUT2D eigenvalue weighted by Gasteiger charge is -2.29. The maximum Gasteiger partial charge on any atom is 0.330 e. The van der Waals surface area contributed by atoms with Gasteiger partial charge in [-0.3, -0.25) is 9.59 Å². The van der Waals surface area contributed by atoms with Gasteiger partial charge in [-0.2, -0.15) is 0 Å². The van der Waals surface area contributed by atoms with Crippen molar-refractivity contribution in [2.45, 2.75) is 30.7 Å². The van der Waals surface area contributed by atoms with E-state index in [1.54, 1.807) is 34.9 Å². The molecule has 0 aliphatic carbocycles. The summed E-state index contributed by atoms with van der Waals surface area (Å²) in [5, 5.41) is 2.66. The molecule has 2 aliphatic heterocycles. The quantitative estimate of drug-likeness (QED) is 0.768. The lowest BCUT2D eigenvalue weighted by atomic mass is 10.2. The van der Waals surface area contributed by atoms with Gasteiger partial charge in [-0.1, -0.05) is 22.0 Å². The minimum Gasteiger partial charge on any atom is -0.454 e. The van der Waals surface area contributed by atoms with Crippen molar-refractivity contribution in [3.63, 3.8) is 0 Å². The molecule has 0 saturated carbocycles. The Balaban J connectivity index is 1.54. The van der Waals surface area contributed by atoms with Crippen LogP contribution in [-0.4, -0.2) is 46.0 Å². The normalized spacial score (nSPS) is 25.5. The molecule has 128 valence electrons. The van der Waals surface area contributed by atoms with Gasteiger partial charge in [-0.05, 0) is 31.5 Å². The Morgan fingerprint density at radius 3 is 3.04 bits per heavy atom. The van der Waals surface area contributed by atoms with Crippen LogP contribution in [0.5, 0.6) is 0 Å². The van der Waals surface area contributed by atoms with Crippen molar-refractivity contribution in [2.75, 3.05) is 17.7 Å². The van der Waals surface area contributed by atoms with Crippen LogP contribution in [0.2, 0.25) is 0 Å². The molecule has 8 heteroatoms. The number of nitrogens with one attached hydrogen (secondary N) is 1. The second-order valence-electron chi connectivity index (χ2n) is 5.93. The van der Waals surface area contributed by atoms with Gasteiger partial charge in [-0.15, -0.1) is 11.8 Å². The molecule has 1 aromatic rings.